The summed E-state index contributed by atoms with van der Waals surface area (Å²) in [7, 11) is 0. The normalized spacial score (nSPS) is 15.7. The van der Waals surface area contributed by atoms with Gasteiger partial charge in [-0.2, -0.15) is 0 Å². The highest BCUT2D eigenvalue weighted by Gasteiger charge is 2.24. The lowest BCUT2D eigenvalue weighted by molar-refractivity contribution is -0.139. The van der Waals surface area contributed by atoms with Gasteiger partial charge in [-0.3, -0.25) is 4.79 Å². The van der Waals surface area contributed by atoms with Gasteiger partial charge in [-0.15, -0.1) is 0 Å². The number of carbonyl (C=O) groups is 1. The van der Waals surface area contributed by atoms with Gasteiger partial charge in [0, 0.05) is 3.57 Å². The molecule has 0 spiro atoms. The minimum Gasteiger partial charge on any atom is -0.481 e. The van der Waals surface area contributed by atoms with Gasteiger partial charge in [-0.25, -0.2) is 0 Å². The number of rotatable bonds is 2. The van der Waals surface area contributed by atoms with Crippen LogP contribution in [0, 0.1) is 9.49 Å². The molecule has 1 atom stereocenters. The highest BCUT2D eigenvalue weighted by Crippen LogP contribution is 2.35. The van der Waals surface area contributed by atoms with Crippen molar-refractivity contribution in [2.75, 3.05) is 0 Å². The number of hydrogen-bond acceptors (Lipinski definition) is 1. The topological polar surface area (TPSA) is 37.3 Å². The van der Waals surface area contributed by atoms with E-state index in [-0.39, 0.29) is 0 Å². The fourth-order valence-electron chi connectivity index (χ4n) is 1.90. The molecule has 0 bridgehead atoms. The van der Waals surface area contributed by atoms with E-state index in [0.29, 0.717) is 0 Å². The molecule has 0 saturated carbocycles. The zero-order chi connectivity index (χ0) is 11.0. The molecule has 0 aromatic heterocycles. The number of carboxylic acid groups (broad SMARTS) is 1. The molecule has 78 valence electrons. The Morgan fingerprint density at radius 1 is 1.53 bits per heavy atom. The van der Waals surface area contributed by atoms with Crippen molar-refractivity contribution in [3.05, 3.63) is 39.0 Å². The van der Waals surface area contributed by atoms with Crippen LogP contribution in [0.25, 0.3) is 5.57 Å². The van der Waals surface area contributed by atoms with Gasteiger partial charge in [-0.05, 0) is 58.7 Å². The summed E-state index contributed by atoms with van der Waals surface area (Å²) in [5.41, 5.74) is 3.33. The molecular weight excluding hydrogens is 303 g/mol. The molecule has 0 heterocycles. The first-order valence-electron chi connectivity index (χ1n) is 4.82. The average Bonchev–Trinajstić information content (AvgIpc) is 2.61. The van der Waals surface area contributed by atoms with E-state index in [1.165, 1.54) is 9.13 Å². The number of halogens is 1. The van der Waals surface area contributed by atoms with E-state index in [0.717, 1.165) is 17.6 Å². The minimum absolute atomic E-state index is 0.413. The number of hydrogen-bond donors (Lipinski definition) is 1. The molecule has 0 radical (unpaired) electrons. The van der Waals surface area contributed by atoms with E-state index in [2.05, 4.69) is 28.7 Å². The maximum Gasteiger partial charge on any atom is 0.310 e. The highest BCUT2D eigenvalue weighted by molar-refractivity contribution is 14.1. The molecule has 0 amide bonds. The van der Waals surface area contributed by atoms with Gasteiger partial charge in [0.1, 0.15) is 0 Å². The summed E-state index contributed by atoms with van der Waals surface area (Å²) in [6.07, 6.45) is 2.90. The van der Waals surface area contributed by atoms with Gasteiger partial charge in [0.15, 0.2) is 0 Å². The molecule has 0 aliphatic heterocycles. The molecule has 0 saturated heterocycles. The van der Waals surface area contributed by atoms with Crippen molar-refractivity contribution < 1.29 is 9.90 Å². The Hall–Kier alpha value is -0.840. The second-order valence-electron chi connectivity index (χ2n) is 3.69. The van der Waals surface area contributed by atoms with E-state index in [9.17, 15) is 4.79 Å². The summed E-state index contributed by atoms with van der Waals surface area (Å²) in [5.74, 6) is -1.17. The Balaban J connectivity index is 2.43. The van der Waals surface area contributed by atoms with Crippen molar-refractivity contribution in [3.8, 4) is 0 Å². The lowest BCUT2D eigenvalue weighted by atomic mass is 9.96. The first-order chi connectivity index (χ1) is 7.11. The fourth-order valence-corrected chi connectivity index (χ4v) is 2.62. The van der Waals surface area contributed by atoms with Crippen LogP contribution in [0.5, 0.6) is 0 Å². The first kappa shape index (κ1) is 10.7. The molecule has 2 nitrogen and oxygen atoms in total. The quantitative estimate of drug-likeness (QED) is 0.852. The lowest BCUT2D eigenvalue weighted by Crippen LogP contribution is -2.10. The number of fused-ring (bicyclic) bond motifs is 1. The second kappa shape index (κ2) is 3.96. The van der Waals surface area contributed by atoms with Crippen molar-refractivity contribution in [1.82, 2.24) is 0 Å². The summed E-state index contributed by atoms with van der Waals surface area (Å²) in [4.78, 5) is 10.9. The molecule has 15 heavy (non-hydrogen) atoms. The molecule has 1 aliphatic carbocycles. The van der Waals surface area contributed by atoms with Crippen LogP contribution in [-0.2, 0) is 11.2 Å². The molecule has 2 rings (SSSR count). The molecule has 1 N–H and O–H groups in total. The molecule has 1 aliphatic rings. The van der Waals surface area contributed by atoms with Crippen LogP contribution in [0.15, 0.2) is 24.3 Å². The fraction of sp³-hybridized carbons (Fsp3) is 0.250. The Morgan fingerprint density at radius 2 is 2.27 bits per heavy atom. The molecular formula is C12H11IO2. The average molecular weight is 314 g/mol. The summed E-state index contributed by atoms with van der Waals surface area (Å²) in [6.45, 7) is 1.74. The van der Waals surface area contributed by atoms with Crippen LogP contribution < -0.4 is 0 Å². The van der Waals surface area contributed by atoms with Gasteiger partial charge in [0.2, 0.25) is 0 Å². The Bertz CT molecular complexity index is 449. The SMILES string of the molecule is CC(C(=O)O)C1=CCc2c(I)cccc21. The van der Waals surface area contributed by atoms with Crippen LogP contribution >= 0.6 is 22.6 Å². The van der Waals surface area contributed by atoms with Crippen LogP contribution in [0.4, 0.5) is 0 Å². The largest absolute Gasteiger partial charge is 0.481 e. The molecule has 3 heteroatoms. The monoisotopic (exact) mass is 314 g/mol. The van der Waals surface area contributed by atoms with Crippen LogP contribution in [-0.4, -0.2) is 11.1 Å². The summed E-state index contributed by atoms with van der Waals surface area (Å²) < 4.78 is 1.22. The third-order valence-corrected chi connectivity index (χ3v) is 3.80. The summed E-state index contributed by atoms with van der Waals surface area (Å²) in [5, 5.41) is 8.99. The van der Waals surface area contributed by atoms with E-state index in [4.69, 9.17) is 5.11 Å². The van der Waals surface area contributed by atoms with Gasteiger partial charge in [-0.1, -0.05) is 18.2 Å². The maximum absolute atomic E-state index is 10.9. The van der Waals surface area contributed by atoms with Crippen LogP contribution in [0.2, 0.25) is 0 Å². The van der Waals surface area contributed by atoms with Crippen molar-refractivity contribution in [3.63, 3.8) is 0 Å². The Kier molecular flexibility index (Phi) is 2.82. The van der Waals surface area contributed by atoms with Crippen LogP contribution in [0.3, 0.4) is 0 Å². The second-order valence-corrected chi connectivity index (χ2v) is 4.85. The number of aliphatic carboxylic acids is 1. The van der Waals surface area contributed by atoms with Crippen molar-refractivity contribution >= 4 is 34.1 Å². The van der Waals surface area contributed by atoms with Crippen molar-refractivity contribution in [2.45, 2.75) is 13.3 Å². The zero-order valence-corrected chi connectivity index (χ0v) is 10.5. The van der Waals surface area contributed by atoms with E-state index in [1.54, 1.807) is 6.92 Å². The standard InChI is InChI=1S/C12H11IO2/c1-7(12(14)15)8-5-6-10-9(8)3-2-4-11(10)13/h2-5,7H,6H2,1H3,(H,14,15). The lowest BCUT2D eigenvalue weighted by Gasteiger charge is -2.10. The molecule has 1 aromatic carbocycles. The van der Waals surface area contributed by atoms with E-state index in [1.807, 2.05) is 18.2 Å². The first-order valence-corrected chi connectivity index (χ1v) is 5.89. The summed E-state index contributed by atoms with van der Waals surface area (Å²) in [6, 6.07) is 6.05. The minimum atomic E-state index is -0.757. The third kappa shape index (κ3) is 1.80. The van der Waals surface area contributed by atoms with Gasteiger partial charge < -0.3 is 5.11 Å². The molecule has 0 fully saturated rings. The Labute approximate surface area is 102 Å². The number of allylic oxidation sites excluding steroid dienone is 1. The smallest absolute Gasteiger partial charge is 0.310 e. The predicted octanol–water partition coefficient (Wildman–Crippen LogP) is 2.95. The van der Waals surface area contributed by atoms with Crippen molar-refractivity contribution in [2.24, 2.45) is 5.92 Å². The number of carboxylic acids is 1. The van der Waals surface area contributed by atoms with Crippen molar-refractivity contribution in [1.29, 1.82) is 0 Å². The third-order valence-electron chi connectivity index (χ3n) is 2.79. The highest BCUT2D eigenvalue weighted by atomic mass is 127. The Morgan fingerprint density at radius 3 is 2.93 bits per heavy atom. The van der Waals surface area contributed by atoms with Gasteiger partial charge in [0.05, 0.1) is 5.92 Å². The van der Waals surface area contributed by atoms with Crippen LogP contribution in [0.1, 0.15) is 18.1 Å². The predicted molar refractivity (Wildman–Crippen MR) is 67.6 cm³/mol. The van der Waals surface area contributed by atoms with E-state index < -0.39 is 11.9 Å². The van der Waals surface area contributed by atoms with E-state index >= 15 is 0 Å². The molecule has 1 aromatic rings. The zero-order valence-electron chi connectivity index (χ0n) is 8.33. The van der Waals surface area contributed by atoms with Gasteiger partial charge >= 0.3 is 5.97 Å². The molecule has 1 unspecified atom stereocenters. The summed E-state index contributed by atoms with van der Waals surface area (Å²) >= 11 is 2.30. The maximum atomic E-state index is 10.9. The van der Waals surface area contributed by atoms with Gasteiger partial charge in [0.25, 0.3) is 0 Å². The number of benzene rings is 1.